The monoisotopic (exact) mass is 394 g/mol. The quantitative estimate of drug-likeness (QED) is 0.221. The summed E-state index contributed by atoms with van der Waals surface area (Å²) in [6.45, 7) is 4.59. The zero-order valence-corrected chi connectivity index (χ0v) is 15.8. The highest BCUT2D eigenvalue weighted by Crippen LogP contribution is 2.19. The van der Waals surface area contributed by atoms with Crippen LogP contribution in [0.15, 0.2) is 0 Å². The molecule has 2 amide bonds. The zero-order valence-electron chi connectivity index (χ0n) is 15.8. The molecule has 1 aliphatic rings. The first-order chi connectivity index (χ1) is 12.5. The summed E-state index contributed by atoms with van der Waals surface area (Å²) in [5.41, 5.74) is -0.349. The smallest absolute Gasteiger partial charge is 0.246 e. The molecule has 0 radical (unpaired) electrons. The number of rotatable bonds is 9. The SMILES string of the molecule is CC(C)(C)NC(=O)COCCOCC(=O)N[C@@H]1C(O)[C@H](O)C(CO)O[C@@H]1O. The Bertz CT molecular complexity index is 483. The molecule has 1 saturated heterocycles. The predicted octanol–water partition coefficient (Wildman–Crippen LogP) is -3.15. The normalized spacial score (nSPS) is 28.6. The van der Waals surface area contributed by atoms with E-state index in [2.05, 4.69) is 10.6 Å². The van der Waals surface area contributed by atoms with Gasteiger partial charge in [0.05, 0.1) is 19.8 Å². The van der Waals surface area contributed by atoms with Gasteiger partial charge < -0.3 is 45.3 Å². The maximum Gasteiger partial charge on any atom is 0.246 e. The molecular formula is C16H30N2O9. The lowest BCUT2D eigenvalue weighted by Crippen LogP contribution is -2.64. The highest BCUT2D eigenvalue weighted by atomic mass is 16.6. The highest BCUT2D eigenvalue weighted by Gasteiger charge is 2.44. The van der Waals surface area contributed by atoms with Gasteiger partial charge in [-0.3, -0.25) is 9.59 Å². The van der Waals surface area contributed by atoms with E-state index in [0.717, 1.165) is 0 Å². The molecule has 0 spiro atoms. The van der Waals surface area contributed by atoms with E-state index in [4.69, 9.17) is 19.3 Å². The molecule has 0 aliphatic carbocycles. The van der Waals surface area contributed by atoms with Crippen LogP contribution in [0, 0.1) is 0 Å². The van der Waals surface area contributed by atoms with E-state index in [1.807, 2.05) is 20.8 Å². The molecule has 0 bridgehead atoms. The van der Waals surface area contributed by atoms with Gasteiger partial charge in [0, 0.05) is 5.54 Å². The van der Waals surface area contributed by atoms with Crippen molar-refractivity contribution >= 4 is 11.8 Å². The average Bonchev–Trinajstić information content (AvgIpc) is 2.56. The number of ether oxygens (including phenoxy) is 3. The first kappa shape index (κ1) is 23.7. The van der Waals surface area contributed by atoms with E-state index >= 15 is 0 Å². The second-order valence-electron chi connectivity index (χ2n) is 7.23. The summed E-state index contributed by atoms with van der Waals surface area (Å²) in [7, 11) is 0. The van der Waals surface area contributed by atoms with Crippen molar-refractivity contribution in [2.45, 2.75) is 57.0 Å². The Hall–Kier alpha value is -1.34. The lowest BCUT2D eigenvalue weighted by atomic mass is 9.97. The molecule has 158 valence electrons. The largest absolute Gasteiger partial charge is 0.394 e. The molecule has 0 aromatic heterocycles. The van der Waals surface area contributed by atoms with Crippen molar-refractivity contribution in [2.24, 2.45) is 0 Å². The Balaban J connectivity index is 2.21. The molecule has 11 nitrogen and oxygen atoms in total. The van der Waals surface area contributed by atoms with E-state index in [1.165, 1.54) is 0 Å². The molecule has 5 atom stereocenters. The van der Waals surface area contributed by atoms with Gasteiger partial charge in [0.2, 0.25) is 11.8 Å². The van der Waals surface area contributed by atoms with Crippen LogP contribution in [-0.4, -0.2) is 101 Å². The number of aliphatic hydroxyl groups is 4. The van der Waals surface area contributed by atoms with Crippen LogP contribution in [0.3, 0.4) is 0 Å². The lowest BCUT2D eigenvalue weighted by molar-refractivity contribution is -0.254. The molecule has 27 heavy (non-hydrogen) atoms. The summed E-state index contributed by atoms with van der Waals surface area (Å²) in [6, 6.07) is -1.27. The third kappa shape index (κ3) is 8.47. The number of hydrogen-bond acceptors (Lipinski definition) is 9. The molecule has 1 fully saturated rings. The zero-order chi connectivity index (χ0) is 20.6. The maximum atomic E-state index is 11.8. The van der Waals surface area contributed by atoms with Gasteiger partial charge in [-0.25, -0.2) is 0 Å². The van der Waals surface area contributed by atoms with Gasteiger partial charge >= 0.3 is 0 Å². The topological polar surface area (TPSA) is 167 Å². The number of aliphatic hydroxyl groups excluding tert-OH is 4. The van der Waals surface area contributed by atoms with Crippen LogP contribution in [0.5, 0.6) is 0 Å². The van der Waals surface area contributed by atoms with Crippen molar-refractivity contribution in [3.8, 4) is 0 Å². The van der Waals surface area contributed by atoms with Crippen LogP contribution >= 0.6 is 0 Å². The fourth-order valence-electron chi connectivity index (χ4n) is 2.38. The number of carbonyl (C=O) groups is 2. The minimum Gasteiger partial charge on any atom is -0.394 e. The fraction of sp³-hybridized carbons (Fsp3) is 0.875. The first-order valence-electron chi connectivity index (χ1n) is 8.61. The van der Waals surface area contributed by atoms with E-state index in [1.54, 1.807) is 0 Å². The molecule has 1 aliphatic heterocycles. The Labute approximate surface area is 157 Å². The lowest BCUT2D eigenvalue weighted by Gasteiger charge is -2.40. The van der Waals surface area contributed by atoms with Crippen LogP contribution in [0.1, 0.15) is 20.8 Å². The minimum absolute atomic E-state index is 0.0533. The van der Waals surface area contributed by atoms with Crippen LogP contribution in [0.2, 0.25) is 0 Å². The van der Waals surface area contributed by atoms with Crippen molar-refractivity contribution in [1.29, 1.82) is 0 Å². The van der Waals surface area contributed by atoms with Crippen LogP contribution in [-0.2, 0) is 23.8 Å². The van der Waals surface area contributed by atoms with Crippen molar-refractivity contribution in [3.05, 3.63) is 0 Å². The van der Waals surface area contributed by atoms with Gasteiger partial charge in [0.1, 0.15) is 37.6 Å². The molecule has 1 heterocycles. The van der Waals surface area contributed by atoms with Crippen LogP contribution < -0.4 is 10.6 Å². The van der Waals surface area contributed by atoms with Crippen molar-refractivity contribution < 1.29 is 44.2 Å². The maximum absolute atomic E-state index is 11.8. The van der Waals surface area contributed by atoms with Crippen LogP contribution in [0.25, 0.3) is 0 Å². The van der Waals surface area contributed by atoms with Crippen molar-refractivity contribution in [1.82, 2.24) is 10.6 Å². The highest BCUT2D eigenvalue weighted by molar-refractivity contribution is 5.78. The number of nitrogens with one attached hydrogen (secondary N) is 2. The molecule has 0 aromatic carbocycles. The Morgan fingerprint density at radius 3 is 2.07 bits per heavy atom. The van der Waals surface area contributed by atoms with Crippen LogP contribution in [0.4, 0.5) is 0 Å². The minimum atomic E-state index is -1.59. The second-order valence-corrected chi connectivity index (χ2v) is 7.23. The Morgan fingerprint density at radius 2 is 1.56 bits per heavy atom. The fourth-order valence-corrected chi connectivity index (χ4v) is 2.38. The Kier molecular flexibility index (Phi) is 9.53. The van der Waals surface area contributed by atoms with Gasteiger partial charge in [-0.2, -0.15) is 0 Å². The summed E-state index contributed by atoms with van der Waals surface area (Å²) < 4.78 is 15.1. The Morgan fingerprint density at radius 1 is 1.00 bits per heavy atom. The molecule has 6 N–H and O–H groups in total. The number of carbonyl (C=O) groups excluding carboxylic acids is 2. The first-order valence-corrected chi connectivity index (χ1v) is 8.61. The third-order valence-corrected chi connectivity index (χ3v) is 3.58. The number of amides is 2. The average molecular weight is 394 g/mol. The summed E-state index contributed by atoms with van der Waals surface area (Å²) in [4.78, 5) is 23.3. The van der Waals surface area contributed by atoms with Gasteiger partial charge in [-0.1, -0.05) is 0 Å². The summed E-state index contributed by atoms with van der Waals surface area (Å²) >= 11 is 0. The predicted molar refractivity (Wildman–Crippen MR) is 91.4 cm³/mol. The van der Waals surface area contributed by atoms with Crippen molar-refractivity contribution in [2.75, 3.05) is 33.0 Å². The standard InChI is InChI=1S/C16H30N2O9/c1-16(2,3)18-11(21)8-26-5-4-25-7-10(20)17-12-14(23)13(22)9(6-19)27-15(12)24/h9,12-15,19,22-24H,4-8H2,1-3H3,(H,17,20)(H,18,21)/t9?,12-,13-,14?,15+/m1/s1. The molecule has 11 heteroatoms. The second kappa shape index (κ2) is 10.9. The van der Waals surface area contributed by atoms with Gasteiger partial charge in [0.25, 0.3) is 0 Å². The molecule has 1 rings (SSSR count). The van der Waals surface area contributed by atoms with E-state index < -0.39 is 43.2 Å². The summed E-state index contributed by atoms with van der Waals surface area (Å²) in [5, 5.41) is 43.4. The summed E-state index contributed by atoms with van der Waals surface area (Å²) in [6.07, 6.45) is -5.71. The molecule has 0 saturated carbocycles. The van der Waals surface area contributed by atoms with E-state index in [0.29, 0.717) is 0 Å². The van der Waals surface area contributed by atoms with Gasteiger partial charge in [-0.05, 0) is 20.8 Å². The van der Waals surface area contributed by atoms with E-state index in [9.17, 15) is 24.9 Å². The molecule has 2 unspecified atom stereocenters. The molecular weight excluding hydrogens is 364 g/mol. The van der Waals surface area contributed by atoms with Gasteiger partial charge in [0.15, 0.2) is 6.29 Å². The van der Waals surface area contributed by atoms with Gasteiger partial charge in [-0.15, -0.1) is 0 Å². The number of hydrogen-bond donors (Lipinski definition) is 6. The third-order valence-electron chi connectivity index (χ3n) is 3.58. The molecule has 0 aromatic rings. The summed E-state index contributed by atoms with van der Waals surface area (Å²) in [5.74, 6) is -0.915. The van der Waals surface area contributed by atoms with Crippen molar-refractivity contribution in [3.63, 3.8) is 0 Å². The van der Waals surface area contributed by atoms with E-state index in [-0.39, 0.29) is 37.9 Å².